The summed E-state index contributed by atoms with van der Waals surface area (Å²) in [6, 6.07) is 10.1. The average Bonchev–Trinajstić information content (AvgIpc) is 3.22. The first-order valence-corrected chi connectivity index (χ1v) is 10.3. The van der Waals surface area contributed by atoms with Gasteiger partial charge in [-0.15, -0.1) is 0 Å². The number of aromatic nitrogens is 2. The van der Waals surface area contributed by atoms with Gasteiger partial charge in [0.1, 0.15) is 17.3 Å². The highest BCUT2D eigenvalue weighted by atomic mass is 35.5. The number of alkyl halides is 3. The van der Waals surface area contributed by atoms with Gasteiger partial charge in [-0.25, -0.2) is 4.68 Å². The predicted molar refractivity (Wildman–Crippen MR) is 117 cm³/mol. The molecule has 2 atom stereocenters. The Balaban J connectivity index is 1.63. The number of methoxy groups -OCH3 is 2. The third-order valence-corrected chi connectivity index (χ3v) is 5.60. The summed E-state index contributed by atoms with van der Waals surface area (Å²) >= 11 is 5.90. The van der Waals surface area contributed by atoms with E-state index >= 15 is 0 Å². The van der Waals surface area contributed by atoms with Crippen LogP contribution < -0.4 is 20.1 Å². The van der Waals surface area contributed by atoms with Crippen LogP contribution in [0.5, 0.6) is 11.5 Å². The fourth-order valence-electron chi connectivity index (χ4n) is 3.69. The van der Waals surface area contributed by atoms with Crippen LogP contribution in [0.4, 0.5) is 24.7 Å². The molecule has 3 aromatic rings. The number of halogens is 4. The number of anilines is 2. The molecule has 1 amide bonds. The number of nitrogens with one attached hydrogen (secondary N) is 2. The lowest BCUT2D eigenvalue weighted by Crippen LogP contribution is -2.35. The maximum Gasteiger partial charge on any atom is 0.410 e. The SMILES string of the molecule is COc1ccc(NC(=O)c2cc3n(n2)[C@H](C(F)(F)F)C[C@H](c2ccc(Cl)cc2)N3)c(OC)c1. The van der Waals surface area contributed by atoms with Crippen molar-refractivity contribution in [1.29, 1.82) is 0 Å². The van der Waals surface area contributed by atoms with Crippen molar-refractivity contribution < 1.29 is 27.4 Å². The summed E-state index contributed by atoms with van der Waals surface area (Å²) in [4.78, 5) is 12.8. The Hall–Kier alpha value is -3.40. The normalized spacial score (nSPS) is 17.6. The summed E-state index contributed by atoms with van der Waals surface area (Å²) in [5.41, 5.74) is 0.810. The van der Waals surface area contributed by atoms with Crippen molar-refractivity contribution in [1.82, 2.24) is 9.78 Å². The molecule has 0 saturated heterocycles. The van der Waals surface area contributed by atoms with Crippen LogP contribution in [-0.4, -0.2) is 36.1 Å². The van der Waals surface area contributed by atoms with E-state index in [4.69, 9.17) is 21.1 Å². The van der Waals surface area contributed by atoms with Crippen LogP contribution in [0.15, 0.2) is 48.5 Å². The molecule has 1 aliphatic heterocycles. The Kier molecular flexibility index (Phi) is 6.11. The smallest absolute Gasteiger partial charge is 0.410 e. The number of rotatable bonds is 5. The van der Waals surface area contributed by atoms with Gasteiger partial charge in [-0.2, -0.15) is 18.3 Å². The number of amides is 1. The number of benzene rings is 2. The highest BCUT2D eigenvalue weighted by molar-refractivity contribution is 6.30. The molecule has 2 aromatic carbocycles. The highest BCUT2D eigenvalue weighted by Crippen LogP contribution is 2.43. The Morgan fingerprint density at radius 1 is 1.15 bits per heavy atom. The Morgan fingerprint density at radius 2 is 1.88 bits per heavy atom. The van der Waals surface area contributed by atoms with Crippen molar-refractivity contribution in [3.63, 3.8) is 0 Å². The first kappa shape index (κ1) is 22.8. The minimum absolute atomic E-state index is 0.0929. The van der Waals surface area contributed by atoms with Crippen LogP contribution in [0.3, 0.4) is 0 Å². The van der Waals surface area contributed by atoms with Gasteiger partial charge < -0.3 is 20.1 Å². The van der Waals surface area contributed by atoms with Crippen molar-refractivity contribution in [2.24, 2.45) is 0 Å². The quantitative estimate of drug-likeness (QED) is 0.506. The highest BCUT2D eigenvalue weighted by Gasteiger charge is 2.46. The lowest BCUT2D eigenvalue weighted by Gasteiger charge is -2.33. The molecule has 1 aliphatic rings. The van der Waals surface area contributed by atoms with E-state index in [1.165, 1.54) is 20.3 Å². The summed E-state index contributed by atoms with van der Waals surface area (Å²) in [6.07, 6.45) is -4.84. The summed E-state index contributed by atoms with van der Waals surface area (Å²) in [5.74, 6) is 0.273. The minimum atomic E-state index is -4.56. The summed E-state index contributed by atoms with van der Waals surface area (Å²) < 4.78 is 52.8. The Bertz CT molecular complexity index is 1160. The third kappa shape index (κ3) is 4.70. The van der Waals surface area contributed by atoms with Gasteiger partial charge in [0.25, 0.3) is 5.91 Å². The van der Waals surface area contributed by atoms with Gasteiger partial charge in [0, 0.05) is 23.6 Å². The topological polar surface area (TPSA) is 77.4 Å². The van der Waals surface area contributed by atoms with Crippen LogP contribution >= 0.6 is 11.6 Å². The van der Waals surface area contributed by atoms with Crippen LogP contribution in [0, 0.1) is 0 Å². The molecule has 174 valence electrons. The van der Waals surface area contributed by atoms with Crippen molar-refractivity contribution >= 4 is 29.0 Å². The van der Waals surface area contributed by atoms with Crippen molar-refractivity contribution in [3.8, 4) is 11.5 Å². The number of hydrogen-bond acceptors (Lipinski definition) is 5. The zero-order chi connectivity index (χ0) is 23.8. The zero-order valence-corrected chi connectivity index (χ0v) is 18.4. The van der Waals surface area contributed by atoms with E-state index in [1.807, 2.05) is 0 Å². The third-order valence-electron chi connectivity index (χ3n) is 5.35. The Morgan fingerprint density at radius 3 is 2.52 bits per heavy atom. The van der Waals surface area contributed by atoms with Crippen LogP contribution in [0.1, 0.15) is 34.6 Å². The number of carbonyl (C=O) groups is 1. The maximum atomic E-state index is 13.9. The summed E-state index contributed by atoms with van der Waals surface area (Å²) in [5, 5.41) is 10.1. The van der Waals surface area contributed by atoms with Crippen molar-refractivity contribution in [2.45, 2.75) is 24.7 Å². The van der Waals surface area contributed by atoms with E-state index in [9.17, 15) is 18.0 Å². The van der Waals surface area contributed by atoms with Crippen LogP contribution in [0.25, 0.3) is 0 Å². The number of ether oxygens (including phenoxy) is 2. The van der Waals surface area contributed by atoms with E-state index < -0.39 is 24.2 Å². The molecule has 7 nitrogen and oxygen atoms in total. The Labute approximate surface area is 192 Å². The maximum absolute atomic E-state index is 13.9. The second-order valence-electron chi connectivity index (χ2n) is 7.42. The van der Waals surface area contributed by atoms with E-state index in [0.717, 1.165) is 4.68 Å². The first-order valence-electron chi connectivity index (χ1n) is 9.91. The molecular formula is C22H20ClF3N4O3. The molecule has 2 N–H and O–H groups in total. The summed E-state index contributed by atoms with van der Waals surface area (Å²) in [7, 11) is 2.92. The van der Waals surface area contributed by atoms with Gasteiger partial charge in [0.15, 0.2) is 11.7 Å². The number of hydrogen-bond donors (Lipinski definition) is 2. The molecule has 11 heteroatoms. The molecule has 0 spiro atoms. The van der Waals surface area contributed by atoms with Gasteiger partial charge in [-0.3, -0.25) is 4.79 Å². The van der Waals surface area contributed by atoms with Gasteiger partial charge in [0.2, 0.25) is 0 Å². The fourth-order valence-corrected chi connectivity index (χ4v) is 3.81. The molecule has 1 aromatic heterocycles. The monoisotopic (exact) mass is 480 g/mol. The van der Waals surface area contributed by atoms with E-state index in [1.54, 1.807) is 42.5 Å². The van der Waals surface area contributed by atoms with Gasteiger partial charge in [-0.1, -0.05) is 23.7 Å². The van der Waals surface area contributed by atoms with E-state index in [0.29, 0.717) is 27.8 Å². The number of carbonyl (C=O) groups excluding carboxylic acids is 1. The lowest BCUT2D eigenvalue weighted by atomic mass is 9.97. The lowest BCUT2D eigenvalue weighted by molar-refractivity contribution is -0.173. The molecule has 4 rings (SSSR count). The molecule has 0 unspecified atom stereocenters. The van der Waals surface area contributed by atoms with Crippen molar-refractivity contribution in [2.75, 3.05) is 24.9 Å². The van der Waals surface area contributed by atoms with Gasteiger partial charge >= 0.3 is 6.18 Å². The zero-order valence-electron chi connectivity index (χ0n) is 17.6. The first-order chi connectivity index (χ1) is 15.7. The molecule has 2 heterocycles. The molecule has 0 aliphatic carbocycles. The molecule has 33 heavy (non-hydrogen) atoms. The molecular weight excluding hydrogens is 461 g/mol. The predicted octanol–water partition coefficient (Wildman–Crippen LogP) is 5.47. The largest absolute Gasteiger partial charge is 0.497 e. The summed E-state index contributed by atoms with van der Waals surface area (Å²) in [6.45, 7) is 0. The standard InChI is InChI=1S/C22H20ClF3N4O3/c1-32-14-7-8-15(18(9-14)33-2)28-21(31)17-11-20-27-16(12-3-5-13(23)6-4-12)10-19(22(24,25)26)30(20)29-17/h3-9,11,16,19,27H,10H2,1-2H3,(H,28,31)/t16-,19+/m1/s1. The molecule has 0 bridgehead atoms. The average molecular weight is 481 g/mol. The van der Waals surface area contributed by atoms with Crippen LogP contribution in [0.2, 0.25) is 5.02 Å². The minimum Gasteiger partial charge on any atom is -0.497 e. The molecule has 0 fully saturated rings. The van der Waals surface area contributed by atoms with Gasteiger partial charge in [0.05, 0.1) is 25.9 Å². The molecule has 0 saturated carbocycles. The van der Waals surface area contributed by atoms with Crippen LogP contribution in [-0.2, 0) is 0 Å². The second-order valence-corrected chi connectivity index (χ2v) is 7.86. The molecule has 0 radical (unpaired) electrons. The fraction of sp³-hybridized carbons (Fsp3) is 0.273. The van der Waals surface area contributed by atoms with E-state index in [-0.39, 0.29) is 17.9 Å². The van der Waals surface area contributed by atoms with E-state index in [2.05, 4.69) is 15.7 Å². The van der Waals surface area contributed by atoms with Crippen molar-refractivity contribution in [3.05, 3.63) is 64.8 Å². The number of fused-ring (bicyclic) bond motifs is 1. The number of nitrogens with zero attached hydrogens (tertiary/aromatic N) is 2. The second kappa shape index (κ2) is 8.86. The van der Waals surface area contributed by atoms with Gasteiger partial charge in [-0.05, 0) is 29.8 Å².